The van der Waals surface area contributed by atoms with Gasteiger partial charge in [-0.25, -0.2) is 0 Å². The molecule has 0 bridgehead atoms. The Morgan fingerprint density at radius 2 is 1.84 bits per heavy atom. The molecule has 2 fully saturated rings. The van der Waals surface area contributed by atoms with Crippen LogP contribution in [-0.2, 0) is 4.79 Å². The minimum atomic E-state index is 0.000569. The fraction of sp³-hybridized carbons (Fsp3) is 0.938. The topological polar surface area (TPSA) is 32.3 Å². The van der Waals surface area contributed by atoms with Gasteiger partial charge in [0.05, 0.1) is 6.04 Å². The van der Waals surface area contributed by atoms with Crippen LogP contribution in [0.5, 0.6) is 0 Å². The first-order chi connectivity index (χ1) is 9.16. The van der Waals surface area contributed by atoms with Crippen LogP contribution >= 0.6 is 0 Å². The van der Waals surface area contributed by atoms with Crippen LogP contribution in [0.2, 0.25) is 0 Å². The molecule has 0 aromatic rings. The number of carbonyl (C=O) groups is 1. The predicted molar refractivity (Wildman–Crippen MR) is 79.0 cm³/mol. The molecule has 2 rings (SSSR count). The van der Waals surface area contributed by atoms with Crippen LogP contribution in [0.3, 0.4) is 0 Å². The summed E-state index contributed by atoms with van der Waals surface area (Å²) in [6.45, 7) is 7.31. The van der Waals surface area contributed by atoms with Gasteiger partial charge in [-0.15, -0.1) is 0 Å². The Bertz CT molecular complexity index is 278. The zero-order chi connectivity index (χ0) is 13.7. The number of carbonyl (C=O) groups excluding carboxylic acids is 1. The van der Waals surface area contributed by atoms with Gasteiger partial charge < -0.3 is 10.2 Å². The molecule has 1 amide bonds. The van der Waals surface area contributed by atoms with Gasteiger partial charge in [0.1, 0.15) is 0 Å². The molecule has 0 aromatic carbocycles. The lowest BCUT2D eigenvalue weighted by atomic mass is 9.81. The molecule has 1 atom stereocenters. The number of nitrogens with zero attached hydrogens (tertiary/aromatic N) is 1. The summed E-state index contributed by atoms with van der Waals surface area (Å²) in [7, 11) is 0. The van der Waals surface area contributed by atoms with E-state index >= 15 is 0 Å². The average molecular weight is 266 g/mol. The van der Waals surface area contributed by atoms with Crippen molar-refractivity contribution >= 4 is 5.91 Å². The lowest BCUT2D eigenvalue weighted by molar-refractivity contribution is -0.131. The van der Waals surface area contributed by atoms with Crippen LogP contribution < -0.4 is 5.32 Å². The van der Waals surface area contributed by atoms with Gasteiger partial charge in [-0.05, 0) is 44.6 Å². The Kier molecular flexibility index (Phi) is 5.68. The minimum Gasteiger partial charge on any atom is -0.341 e. The van der Waals surface area contributed by atoms with Crippen molar-refractivity contribution in [3.63, 3.8) is 0 Å². The normalized spacial score (nSPS) is 29.5. The molecule has 1 saturated heterocycles. The number of rotatable bonds is 5. The fourth-order valence-electron chi connectivity index (χ4n) is 3.42. The zero-order valence-corrected chi connectivity index (χ0v) is 12.7. The molecule has 1 aliphatic heterocycles. The van der Waals surface area contributed by atoms with Crippen molar-refractivity contribution in [2.45, 2.75) is 64.8 Å². The highest BCUT2D eigenvalue weighted by atomic mass is 16.2. The third-order valence-electron chi connectivity index (χ3n) is 4.93. The largest absolute Gasteiger partial charge is 0.341 e. The lowest BCUT2D eigenvalue weighted by Crippen LogP contribution is -2.44. The van der Waals surface area contributed by atoms with E-state index < -0.39 is 0 Å². The molecule has 3 nitrogen and oxygen atoms in total. The summed E-state index contributed by atoms with van der Waals surface area (Å²) in [6, 6.07) is 0.000569. The second kappa shape index (κ2) is 7.28. The summed E-state index contributed by atoms with van der Waals surface area (Å²) >= 11 is 0. The molecule has 110 valence electrons. The van der Waals surface area contributed by atoms with Gasteiger partial charge in [0, 0.05) is 13.1 Å². The van der Waals surface area contributed by atoms with E-state index in [9.17, 15) is 4.79 Å². The van der Waals surface area contributed by atoms with Crippen molar-refractivity contribution in [3.8, 4) is 0 Å². The number of hydrogen-bond donors (Lipinski definition) is 1. The van der Waals surface area contributed by atoms with E-state index in [0.717, 1.165) is 31.5 Å². The maximum atomic E-state index is 12.1. The summed E-state index contributed by atoms with van der Waals surface area (Å²) in [5, 5.41) is 3.43. The second-order valence-electron chi connectivity index (χ2n) is 6.62. The van der Waals surface area contributed by atoms with Crippen molar-refractivity contribution in [2.75, 3.05) is 19.6 Å². The van der Waals surface area contributed by atoms with Crippen LogP contribution in [-0.4, -0.2) is 36.5 Å². The summed E-state index contributed by atoms with van der Waals surface area (Å²) in [5.74, 6) is 2.12. The highest BCUT2D eigenvalue weighted by molar-refractivity contribution is 5.81. The molecular formula is C16H30N2O. The maximum Gasteiger partial charge on any atom is 0.239 e. The number of amides is 1. The molecule has 19 heavy (non-hydrogen) atoms. The van der Waals surface area contributed by atoms with Gasteiger partial charge in [-0.1, -0.05) is 32.6 Å². The number of hydrogen-bond acceptors (Lipinski definition) is 2. The van der Waals surface area contributed by atoms with E-state index in [2.05, 4.69) is 12.2 Å². The van der Waals surface area contributed by atoms with Gasteiger partial charge in [-0.2, -0.15) is 0 Å². The second-order valence-corrected chi connectivity index (χ2v) is 6.62. The SMILES string of the molecule is CC1CCC(CCNC(C)C(=O)N2CCCC2)CC1. The molecule has 1 unspecified atom stereocenters. The van der Waals surface area contributed by atoms with E-state index in [-0.39, 0.29) is 6.04 Å². The summed E-state index contributed by atoms with van der Waals surface area (Å²) in [5.41, 5.74) is 0. The van der Waals surface area contributed by atoms with Crippen LogP contribution in [0.4, 0.5) is 0 Å². The molecule has 0 aromatic heterocycles. The number of likely N-dealkylation sites (tertiary alicyclic amines) is 1. The molecule has 1 N–H and O–H groups in total. The van der Waals surface area contributed by atoms with E-state index in [1.54, 1.807) is 0 Å². The molecule has 1 aliphatic carbocycles. The summed E-state index contributed by atoms with van der Waals surface area (Å²) < 4.78 is 0. The van der Waals surface area contributed by atoms with Crippen molar-refractivity contribution in [1.29, 1.82) is 0 Å². The highest BCUT2D eigenvalue weighted by Gasteiger charge is 2.23. The van der Waals surface area contributed by atoms with Crippen LogP contribution in [0.15, 0.2) is 0 Å². The average Bonchev–Trinajstić information content (AvgIpc) is 2.94. The third-order valence-corrected chi connectivity index (χ3v) is 4.93. The standard InChI is InChI=1S/C16H30N2O/c1-13-5-7-15(8-6-13)9-10-17-14(2)16(19)18-11-3-4-12-18/h13-15,17H,3-12H2,1-2H3. The minimum absolute atomic E-state index is 0.000569. The van der Waals surface area contributed by atoms with Crippen molar-refractivity contribution < 1.29 is 4.79 Å². The lowest BCUT2D eigenvalue weighted by Gasteiger charge is -2.27. The summed E-state index contributed by atoms with van der Waals surface area (Å²) in [6.07, 6.45) is 9.16. The molecule has 2 aliphatic rings. The van der Waals surface area contributed by atoms with Gasteiger partial charge in [0.15, 0.2) is 0 Å². The molecule has 3 heteroatoms. The fourth-order valence-corrected chi connectivity index (χ4v) is 3.42. The van der Waals surface area contributed by atoms with Crippen molar-refractivity contribution in [3.05, 3.63) is 0 Å². The number of nitrogens with one attached hydrogen (secondary N) is 1. The predicted octanol–water partition coefficient (Wildman–Crippen LogP) is 2.80. The van der Waals surface area contributed by atoms with Crippen LogP contribution in [0.25, 0.3) is 0 Å². The first-order valence-electron chi connectivity index (χ1n) is 8.19. The van der Waals surface area contributed by atoms with Gasteiger partial charge in [0.2, 0.25) is 5.91 Å². The molecular weight excluding hydrogens is 236 g/mol. The first kappa shape index (κ1) is 14.8. The zero-order valence-electron chi connectivity index (χ0n) is 12.7. The Morgan fingerprint density at radius 3 is 2.47 bits per heavy atom. The maximum absolute atomic E-state index is 12.1. The Hall–Kier alpha value is -0.570. The van der Waals surface area contributed by atoms with Crippen molar-refractivity contribution in [2.24, 2.45) is 11.8 Å². The van der Waals surface area contributed by atoms with E-state index in [1.807, 2.05) is 11.8 Å². The van der Waals surface area contributed by atoms with Crippen LogP contribution in [0, 0.1) is 11.8 Å². The van der Waals surface area contributed by atoms with E-state index in [1.165, 1.54) is 44.9 Å². The van der Waals surface area contributed by atoms with Crippen LogP contribution in [0.1, 0.15) is 58.8 Å². The molecule has 0 radical (unpaired) electrons. The quantitative estimate of drug-likeness (QED) is 0.830. The van der Waals surface area contributed by atoms with Gasteiger partial charge in [0.25, 0.3) is 0 Å². The Morgan fingerprint density at radius 1 is 1.21 bits per heavy atom. The monoisotopic (exact) mass is 266 g/mol. The molecule has 1 saturated carbocycles. The van der Waals surface area contributed by atoms with Crippen molar-refractivity contribution in [1.82, 2.24) is 10.2 Å². The summed E-state index contributed by atoms with van der Waals surface area (Å²) in [4.78, 5) is 14.1. The van der Waals surface area contributed by atoms with E-state index in [0.29, 0.717) is 5.91 Å². The highest BCUT2D eigenvalue weighted by Crippen LogP contribution is 2.29. The molecule has 0 spiro atoms. The molecule has 1 heterocycles. The first-order valence-corrected chi connectivity index (χ1v) is 8.19. The smallest absolute Gasteiger partial charge is 0.239 e. The van der Waals surface area contributed by atoms with E-state index in [4.69, 9.17) is 0 Å². The Labute approximate surface area is 118 Å². The van der Waals surface area contributed by atoms with Gasteiger partial charge >= 0.3 is 0 Å². The van der Waals surface area contributed by atoms with Gasteiger partial charge in [-0.3, -0.25) is 4.79 Å². The third kappa shape index (κ3) is 4.48. The Balaban J connectivity index is 1.60.